The first-order valence-electron chi connectivity index (χ1n) is 22.9. The summed E-state index contributed by atoms with van der Waals surface area (Å²) < 4.78 is 22.5. The molecule has 0 saturated heterocycles. The Morgan fingerprint density at radius 1 is 0.534 bits per heavy atom. The molecule has 0 aliphatic carbocycles. The smallest absolute Gasteiger partial charge is 0.306 e. The Hall–Kier alpha value is -3.01. The van der Waals surface area contributed by atoms with E-state index in [1.165, 1.54) is 51.4 Å². The van der Waals surface area contributed by atoms with Crippen molar-refractivity contribution in [1.82, 2.24) is 0 Å². The van der Waals surface area contributed by atoms with Gasteiger partial charge in [-0.15, -0.1) is 0 Å². The van der Waals surface area contributed by atoms with Gasteiger partial charge >= 0.3 is 11.9 Å². The van der Waals surface area contributed by atoms with Crippen molar-refractivity contribution in [2.45, 2.75) is 187 Å². The molecule has 0 aromatic heterocycles. The molecule has 0 aromatic rings. The first kappa shape index (κ1) is 55.0. The molecule has 0 radical (unpaired) electrons. The minimum absolute atomic E-state index is 0.140. The summed E-state index contributed by atoms with van der Waals surface area (Å²) in [4.78, 5) is 37.0. The largest absolute Gasteiger partial charge is 0.545 e. The number of carbonyl (C=O) groups excluding carboxylic acids is 3. The van der Waals surface area contributed by atoms with Crippen molar-refractivity contribution in [1.29, 1.82) is 0 Å². The second kappa shape index (κ2) is 40.8. The third kappa shape index (κ3) is 41.2. The maximum Gasteiger partial charge on any atom is 0.306 e. The van der Waals surface area contributed by atoms with Crippen molar-refractivity contribution >= 4 is 17.9 Å². The monoisotopic (exact) mass is 816 g/mol. The Labute approximate surface area is 355 Å². The summed E-state index contributed by atoms with van der Waals surface area (Å²) in [6.45, 7) is 4.57. The number of esters is 2. The van der Waals surface area contributed by atoms with Gasteiger partial charge in [0, 0.05) is 12.8 Å². The Morgan fingerprint density at radius 3 is 1.47 bits per heavy atom. The predicted molar refractivity (Wildman–Crippen MR) is 237 cm³/mol. The van der Waals surface area contributed by atoms with Crippen LogP contribution in [0.1, 0.15) is 174 Å². The van der Waals surface area contributed by atoms with Gasteiger partial charge in [0.1, 0.15) is 13.2 Å². The zero-order chi connectivity index (χ0) is 42.8. The average Bonchev–Trinajstić information content (AvgIpc) is 3.18. The summed E-state index contributed by atoms with van der Waals surface area (Å²) >= 11 is 0. The Balaban J connectivity index is 4.46. The van der Waals surface area contributed by atoms with Crippen LogP contribution < -0.4 is 5.11 Å². The fraction of sp³-hybridized carbons (Fsp3) is 0.735. The van der Waals surface area contributed by atoms with Gasteiger partial charge in [-0.1, -0.05) is 145 Å². The van der Waals surface area contributed by atoms with Crippen molar-refractivity contribution in [3.8, 4) is 0 Å². The number of rotatable bonds is 41. The maximum absolute atomic E-state index is 12.7. The summed E-state index contributed by atoms with van der Waals surface area (Å²) in [5.41, 5.74) is 0. The van der Waals surface area contributed by atoms with Crippen LogP contribution in [0.5, 0.6) is 0 Å². The second-order valence-corrected chi connectivity index (χ2v) is 16.3. The number of hydrogen-bond acceptors (Lipinski definition) is 8. The maximum atomic E-state index is 12.7. The summed E-state index contributed by atoms with van der Waals surface area (Å²) in [5, 5.41) is 11.7. The van der Waals surface area contributed by atoms with Crippen molar-refractivity contribution in [3.05, 3.63) is 60.8 Å². The zero-order valence-corrected chi connectivity index (χ0v) is 37.6. The van der Waals surface area contributed by atoms with Crippen LogP contribution in [0.3, 0.4) is 0 Å². The van der Waals surface area contributed by atoms with Crippen LogP contribution in [-0.2, 0) is 33.3 Å². The third-order valence-electron chi connectivity index (χ3n) is 9.50. The number of unbranched alkanes of at least 4 members (excludes halogenated alkanes) is 16. The molecule has 0 heterocycles. The van der Waals surface area contributed by atoms with E-state index in [2.05, 4.69) is 74.6 Å². The molecule has 0 bridgehead atoms. The van der Waals surface area contributed by atoms with Crippen LogP contribution in [0, 0.1) is 0 Å². The molecule has 334 valence electrons. The molecule has 58 heavy (non-hydrogen) atoms. The minimum atomic E-state index is -1.63. The highest BCUT2D eigenvalue weighted by Gasteiger charge is 2.21. The van der Waals surface area contributed by atoms with E-state index in [-0.39, 0.29) is 38.6 Å². The fourth-order valence-corrected chi connectivity index (χ4v) is 5.93. The molecular formula is C49H85NO8. The zero-order valence-electron chi connectivity index (χ0n) is 37.6. The van der Waals surface area contributed by atoms with Crippen molar-refractivity contribution in [3.63, 3.8) is 0 Å². The molecule has 0 rings (SSSR count). The van der Waals surface area contributed by atoms with E-state index < -0.39 is 24.3 Å². The van der Waals surface area contributed by atoms with Gasteiger partial charge in [-0.25, -0.2) is 0 Å². The van der Waals surface area contributed by atoms with E-state index >= 15 is 0 Å². The minimum Gasteiger partial charge on any atom is -0.545 e. The fourth-order valence-electron chi connectivity index (χ4n) is 5.93. The number of carboxylic acids is 1. The van der Waals surface area contributed by atoms with E-state index in [4.69, 9.17) is 18.9 Å². The van der Waals surface area contributed by atoms with E-state index in [1.807, 2.05) is 21.1 Å². The van der Waals surface area contributed by atoms with Gasteiger partial charge in [-0.2, -0.15) is 0 Å². The van der Waals surface area contributed by atoms with Gasteiger partial charge in [-0.05, 0) is 77.0 Å². The lowest BCUT2D eigenvalue weighted by molar-refractivity contribution is -0.870. The molecule has 0 amide bonds. The molecule has 9 nitrogen and oxygen atoms in total. The van der Waals surface area contributed by atoms with Crippen molar-refractivity contribution in [2.24, 2.45) is 0 Å². The van der Waals surface area contributed by atoms with Crippen molar-refractivity contribution < 1.29 is 42.9 Å². The molecule has 0 aliphatic rings. The van der Waals surface area contributed by atoms with Gasteiger partial charge in [0.05, 0.1) is 40.3 Å². The highest BCUT2D eigenvalue weighted by Crippen LogP contribution is 2.13. The number of hydrogen-bond donors (Lipinski definition) is 0. The lowest BCUT2D eigenvalue weighted by Crippen LogP contribution is -2.44. The lowest BCUT2D eigenvalue weighted by Gasteiger charge is -2.26. The average molecular weight is 816 g/mol. The normalized spacial score (nSPS) is 13.5. The molecule has 0 N–H and O–H groups in total. The Morgan fingerprint density at radius 2 is 0.983 bits per heavy atom. The molecule has 2 unspecified atom stereocenters. The molecule has 0 aromatic carbocycles. The quantitative estimate of drug-likeness (QED) is 0.0197. The molecule has 0 spiro atoms. The summed E-state index contributed by atoms with van der Waals surface area (Å²) in [7, 11) is 5.89. The van der Waals surface area contributed by atoms with Crippen LogP contribution >= 0.6 is 0 Å². The van der Waals surface area contributed by atoms with E-state index in [1.54, 1.807) is 0 Å². The first-order chi connectivity index (χ1) is 28.1. The van der Waals surface area contributed by atoms with Gasteiger partial charge in [0.25, 0.3) is 0 Å². The van der Waals surface area contributed by atoms with Crippen molar-refractivity contribution in [2.75, 3.05) is 47.5 Å². The molecule has 0 fully saturated rings. The number of nitrogens with zero attached hydrogens (tertiary/aromatic N) is 1. The topological polar surface area (TPSA) is 111 Å². The first-order valence-corrected chi connectivity index (χ1v) is 22.9. The number of ether oxygens (including phenoxy) is 4. The van der Waals surface area contributed by atoms with Gasteiger partial charge < -0.3 is 33.3 Å². The molecule has 2 atom stereocenters. The van der Waals surface area contributed by atoms with Crippen LogP contribution in [0.4, 0.5) is 0 Å². The van der Waals surface area contributed by atoms with E-state index in [0.29, 0.717) is 17.4 Å². The second-order valence-electron chi connectivity index (χ2n) is 16.3. The summed E-state index contributed by atoms with van der Waals surface area (Å²) in [6, 6.07) is 0. The van der Waals surface area contributed by atoms with Gasteiger partial charge in [0.15, 0.2) is 12.4 Å². The Kier molecular flexibility index (Phi) is 38.6. The number of allylic oxidation sites excluding steroid dienone is 10. The number of quaternary nitrogens is 1. The molecule has 0 saturated carbocycles. The number of carbonyl (C=O) groups is 3. The number of carboxylic acid groups (broad SMARTS) is 1. The van der Waals surface area contributed by atoms with Crippen LogP contribution in [0.15, 0.2) is 60.8 Å². The van der Waals surface area contributed by atoms with Gasteiger partial charge in [0.2, 0.25) is 0 Å². The highest BCUT2D eigenvalue weighted by atomic mass is 16.7. The molecule has 0 aliphatic heterocycles. The predicted octanol–water partition coefficient (Wildman–Crippen LogP) is 10.8. The number of likely N-dealkylation sites (N-methyl/N-ethyl adjacent to an activating group) is 1. The SMILES string of the molecule is CC/C=C\C/C=C\C/C=C\CCCCCCCC(=O)OC(COC(=O)CCCCCCCCC/C=C\C/C=C\CCCCCC)COC(OCC[N+](C)(C)C)C(=O)[O-]. The molecule has 9 heteroatoms. The molecular weight excluding hydrogens is 731 g/mol. The van der Waals surface area contributed by atoms with Crippen LogP contribution in [0.25, 0.3) is 0 Å². The van der Waals surface area contributed by atoms with Gasteiger partial charge in [-0.3, -0.25) is 9.59 Å². The summed E-state index contributed by atoms with van der Waals surface area (Å²) in [5.74, 6) is -2.32. The van der Waals surface area contributed by atoms with E-state index in [0.717, 1.165) is 89.9 Å². The highest BCUT2D eigenvalue weighted by molar-refractivity contribution is 5.70. The lowest BCUT2D eigenvalue weighted by atomic mass is 10.1. The number of aliphatic carboxylic acids is 1. The van der Waals surface area contributed by atoms with E-state index in [9.17, 15) is 19.5 Å². The standard InChI is InChI=1S/C49H85NO8/c1-6-8-10-12-14-16-18-20-22-23-24-26-27-29-31-33-35-37-39-46(51)56-43-45(44-57-49(48(53)54)55-42-41-50(3,4)5)58-47(52)40-38-36-34-32-30-28-25-21-19-17-15-13-11-9-7-2/h9,11,15-18,21-23,25,45,49H,6-8,10,12-14,19-20,24,26-44H2,1-5H3/b11-9-,17-15-,18-16-,23-22-,25-21-. The third-order valence-corrected chi connectivity index (χ3v) is 9.50. The Bertz CT molecular complexity index is 1140. The van der Waals surface area contributed by atoms with Crippen LogP contribution in [-0.4, -0.2) is 82.3 Å². The van der Waals surface area contributed by atoms with Crippen LogP contribution in [0.2, 0.25) is 0 Å². The summed E-state index contributed by atoms with van der Waals surface area (Å²) in [6.07, 6.45) is 45.3.